The van der Waals surface area contributed by atoms with Crippen LogP contribution < -0.4 is 14.5 Å². The lowest BCUT2D eigenvalue weighted by Crippen LogP contribution is -2.46. The lowest BCUT2D eigenvalue weighted by Gasteiger charge is -2.27. The molecule has 0 saturated carbocycles. The minimum Gasteiger partial charge on any atom is -0.497 e. The van der Waals surface area contributed by atoms with Crippen LogP contribution in [0.5, 0.6) is 5.75 Å². The van der Waals surface area contributed by atoms with Crippen molar-refractivity contribution in [3.63, 3.8) is 0 Å². The van der Waals surface area contributed by atoms with Crippen LogP contribution in [0.2, 0.25) is 0 Å². The zero-order valence-corrected chi connectivity index (χ0v) is 17.2. The van der Waals surface area contributed by atoms with E-state index in [9.17, 15) is 26.4 Å². The van der Waals surface area contributed by atoms with Gasteiger partial charge in [-0.2, -0.15) is 18.3 Å². The molecule has 0 bridgehead atoms. The zero-order valence-electron chi connectivity index (χ0n) is 16.3. The molecule has 0 aromatic heterocycles. The lowest BCUT2D eigenvalue weighted by atomic mass is 10.1. The molecule has 1 amide bonds. The van der Waals surface area contributed by atoms with Crippen LogP contribution in [-0.4, -0.2) is 39.9 Å². The molecule has 30 heavy (non-hydrogen) atoms. The van der Waals surface area contributed by atoms with Gasteiger partial charge >= 0.3 is 6.18 Å². The van der Waals surface area contributed by atoms with E-state index in [1.54, 1.807) is 0 Å². The fraction of sp³-hybridized carbons (Fsp3) is 0.263. The number of hydrogen-bond acceptors (Lipinski definition) is 5. The summed E-state index contributed by atoms with van der Waals surface area (Å²) in [6.07, 6.45) is -2.79. The van der Waals surface area contributed by atoms with E-state index in [2.05, 4.69) is 10.5 Å². The summed E-state index contributed by atoms with van der Waals surface area (Å²) in [7, 11) is -2.40. The number of nitrogens with one attached hydrogen (secondary N) is 1. The highest BCUT2D eigenvalue weighted by molar-refractivity contribution is 7.92. The summed E-state index contributed by atoms with van der Waals surface area (Å²) in [5.41, 5.74) is 1.15. The van der Waals surface area contributed by atoms with Crippen LogP contribution in [-0.2, 0) is 21.0 Å². The highest BCUT2D eigenvalue weighted by Crippen LogP contribution is 2.31. The van der Waals surface area contributed by atoms with Gasteiger partial charge < -0.3 is 4.74 Å². The average molecular weight is 443 g/mol. The number of methoxy groups -OCH3 is 1. The van der Waals surface area contributed by atoms with Gasteiger partial charge in [0, 0.05) is 5.56 Å². The van der Waals surface area contributed by atoms with Gasteiger partial charge in [-0.15, -0.1) is 0 Å². The molecular formula is C19H20F3N3O4S. The van der Waals surface area contributed by atoms with Gasteiger partial charge in [0.05, 0.1) is 30.8 Å². The fourth-order valence-corrected chi connectivity index (χ4v) is 3.84. The number of halogens is 3. The third kappa shape index (κ3) is 5.72. The SMILES string of the molecule is COc1ccc(N([C@@H](C)C(=O)N/N=C\c2ccccc2C(F)(F)F)S(C)(=O)=O)cc1. The second-order valence-electron chi connectivity index (χ2n) is 6.25. The van der Waals surface area contributed by atoms with Crippen LogP contribution in [0.4, 0.5) is 18.9 Å². The Morgan fingerprint density at radius 2 is 1.77 bits per heavy atom. The normalized spacial score (nSPS) is 13.1. The van der Waals surface area contributed by atoms with Crippen LogP contribution >= 0.6 is 0 Å². The topological polar surface area (TPSA) is 88.1 Å². The van der Waals surface area contributed by atoms with Crippen LogP contribution in [0.1, 0.15) is 18.1 Å². The Hall–Kier alpha value is -3.08. The highest BCUT2D eigenvalue weighted by atomic mass is 32.2. The molecule has 0 aliphatic heterocycles. The second-order valence-corrected chi connectivity index (χ2v) is 8.11. The Kier molecular flexibility index (Phi) is 7.08. The molecule has 0 aliphatic rings. The van der Waals surface area contributed by atoms with E-state index in [4.69, 9.17) is 4.74 Å². The van der Waals surface area contributed by atoms with Crippen molar-refractivity contribution in [2.24, 2.45) is 5.10 Å². The van der Waals surface area contributed by atoms with E-state index >= 15 is 0 Å². The summed E-state index contributed by atoms with van der Waals surface area (Å²) in [5.74, 6) is -0.325. The molecule has 0 saturated heterocycles. The monoisotopic (exact) mass is 443 g/mol. The molecule has 0 spiro atoms. The van der Waals surface area contributed by atoms with Gasteiger partial charge in [0.2, 0.25) is 10.0 Å². The predicted molar refractivity (Wildman–Crippen MR) is 107 cm³/mol. The van der Waals surface area contributed by atoms with Crippen molar-refractivity contribution in [2.45, 2.75) is 19.1 Å². The standard InChI is InChI=1S/C19H20F3N3O4S/c1-13(25(30(3,27)28)15-8-10-16(29-2)11-9-15)18(26)24-23-12-14-6-4-5-7-17(14)19(20,21)22/h4-13H,1-3H3,(H,24,26)/b23-12-/t13-/m0/s1. The number of ether oxygens (including phenoxy) is 1. The number of sulfonamides is 1. The number of carbonyl (C=O) groups is 1. The van der Waals surface area contributed by atoms with E-state index in [1.807, 2.05) is 0 Å². The minimum atomic E-state index is -4.58. The first kappa shape index (κ1) is 23.2. The molecule has 1 atom stereocenters. The fourth-order valence-electron chi connectivity index (χ4n) is 2.66. The minimum absolute atomic E-state index is 0.215. The van der Waals surface area contributed by atoms with Crippen molar-refractivity contribution in [1.29, 1.82) is 0 Å². The number of nitrogens with zero attached hydrogens (tertiary/aromatic N) is 2. The Bertz CT molecular complexity index is 1020. The van der Waals surface area contributed by atoms with Gasteiger partial charge in [-0.1, -0.05) is 18.2 Å². The third-order valence-corrected chi connectivity index (χ3v) is 5.30. The van der Waals surface area contributed by atoms with Crippen LogP contribution in [0.3, 0.4) is 0 Å². The molecule has 2 aromatic rings. The Labute approximate surface area is 172 Å². The number of alkyl halides is 3. The summed E-state index contributed by atoms with van der Waals surface area (Å²) >= 11 is 0. The molecule has 0 radical (unpaired) electrons. The van der Waals surface area contributed by atoms with Crippen molar-refractivity contribution < 1.29 is 31.1 Å². The number of rotatable bonds is 7. The van der Waals surface area contributed by atoms with E-state index in [0.717, 1.165) is 22.8 Å². The Morgan fingerprint density at radius 1 is 1.17 bits per heavy atom. The molecule has 7 nitrogen and oxygen atoms in total. The van der Waals surface area contributed by atoms with Gasteiger partial charge in [-0.25, -0.2) is 13.8 Å². The van der Waals surface area contributed by atoms with Crippen molar-refractivity contribution in [2.75, 3.05) is 17.7 Å². The molecule has 162 valence electrons. The van der Waals surface area contributed by atoms with E-state index in [0.29, 0.717) is 5.75 Å². The maximum atomic E-state index is 13.0. The highest BCUT2D eigenvalue weighted by Gasteiger charge is 2.32. The lowest BCUT2D eigenvalue weighted by molar-refractivity contribution is -0.137. The number of benzene rings is 2. The smallest absolute Gasteiger partial charge is 0.417 e. The predicted octanol–water partition coefficient (Wildman–Crippen LogP) is 3.02. The average Bonchev–Trinajstić information content (AvgIpc) is 2.67. The van der Waals surface area contributed by atoms with Gasteiger partial charge in [0.1, 0.15) is 11.8 Å². The van der Waals surface area contributed by atoms with Crippen LogP contribution in [0.25, 0.3) is 0 Å². The first-order valence-corrected chi connectivity index (χ1v) is 10.4. The molecule has 2 rings (SSSR count). The summed E-state index contributed by atoms with van der Waals surface area (Å²) in [6, 6.07) is 9.50. The van der Waals surface area contributed by atoms with Crippen LogP contribution in [0, 0.1) is 0 Å². The van der Waals surface area contributed by atoms with Gasteiger partial charge in [0.15, 0.2) is 0 Å². The molecule has 1 N–H and O–H groups in total. The number of amides is 1. The quantitative estimate of drug-likeness (QED) is 0.526. The maximum Gasteiger partial charge on any atom is 0.417 e. The number of hydrogen-bond donors (Lipinski definition) is 1. The van der Waals surface area contributed by atoms with Gasteiger partial charge in [-0.3, -0.25) is 9.10 Å². The van der Waals surface area contributed by atoms with Gasteiger partial charge in [-0.05, 0) is 37.3 Å². The second kappa shape index (κ2) is 9.16. The van der Waals surface area contributed by atoms with E-state index in [-0.39, 0.29) is 11.3 Å². The van der Waals surface area contributed by atoms with Gasteiger partial charge in [0.25, 0.3) is 5.91 Å². The third-order valence-electron chi connectivity index (χ3n) is 4.06. The first-order chi connectivity index (χ1) is 13.9. The van der Waals surface area contributed by atoms with Crippen molar-refractivity contribution >= 4 is 27.8 Å². The number of hydrazone groups is 1. The van der Waals surface area contributed by atoms with Crippen molar-refractivity contribution in [3.8, 4) is 5.75 Å². The number of carbonyl (C=O) groups excluding carboxylic acids is 1. The maximum absolute atomic E-state index is 13.0. The number of anilines is 1. The van der Waals surface area contributed by atoms with E-state index < -0.39 is 33.7 Å². The van der Waals surface area contributed by atoms with Crippen molar-refractivity contribution in [1.82, 2.24) is 5.43 Å². The molecule has 0 aliphatic carbocycles. The molecule has 0 unspecified atom stereocenters. The summed E-state index contributed by atoms with van der Waals surface area (Å²) < 4.78 is 69.4. The molecule has 11 heteroatoms. The summed E-state index contributed by atoms with van der Waals surface area (Å²) in [6.45, 7) is 1.33. The summed E-state index contributed by atoms with van der Waals surface area (Å²) in [5, 5.41) is 3.56. The molecule has 0 fully saturated rings. The summed E-state index contributed by atoms with van der Waals surface area (Å²) in [4.78, 5) is 12.4. The van der Waals surface area contributed by atoms with Crippen LogP contribution in [0.15, 0.2) is 53.6 Å². The van der Waals surface area contributed by atoms with Crippen molar-refractivity contribution in [3.05, 3.63) is 59.7 Å². The zero-order chi connectivity index (χ0) is 22.5. The van der Waals surface area contributed by atoms with E-state index in [1.165, 1.54) is 56.5 Å². The molecule has 0 heterocycles. The largest absolute Gasteiger partial charge is 0.497 e. The molecular weight excluding hydrogens is 423 g/mol. The Morgan fingerprint density at radius 3 is 2.30 bits per heavy atom. The first-order valence-electron chi connectivity index (χ1n) is 8.57. The Balaban J connectivity index is 2.21. The molecule has 2 aromatic carbocycles.